The molecule has 0 bridgehead atoms. The van der Waals surface area contributed by atoms with Crippen molar-refractivity contribution in [3.05, 3.63) is 29.3 Å². The number of urea groups is 1. The van der Waals surface area contributed by atoms with Crippen LogP contribution in [0.2, 0.25) is 0 Å². The fourth-order valence-electron chi connectivity index (χ4n) is 2.59. The van der Waals surface area contributed by atoms with Crippen LogP contribution in [0.3, 0.4) is 0 Å². The van der Waals surface area contributed by atoms with Gasteiger partial charge in [-0.25, -0.2) is 4.79 Å². The van der Waals surface area contributed by atoms with Crippen LogP contribution in [0.1, 0.15) is 36.9 Å². The number of amides is 2. The minimum atomic E-state index is -4.26. The van der Waals surface area contributed by atoms with Gasteiger partial charge in [0.2, 0.25) is 0 Å². The normalized spacial score (nSPS) is 17.0. The van der Waals surface area contributed by atoms with Gasteiger partial charge >= 0.3 is 12.2 Å². The molecule has 0 aromatic heterocycles. The lowest BCUT2D eigenvalue weighted by Crippen LogP contribution is -2.38. The molecule has 2 amide bonds. The van der Waals surface area contributed by atoms with Crippen molar-refractivity contribution < 1.29 is 22.7 Å². The first kappa shape index (κ1) is 16.5. The summed E-state index contributed by atoms with van der Waals surface area (Å²) in [5, 5.41) is 4.95. The van der Waals surface area contributed by atoms with Gasteiger partial charge in [-0.2, -0.15) is 13.2 Å². The van der Waals surface area contributed by atoms with E-state index in [1.807, 2.05) is 25.1 Å². The summed E-state index contributed by atoms with van der Waals surface area (Å²) in [7, 11) is 0. The highest BCUT2D eigenvalue weighted by Crippen LogP contribution is 2.36. The standard InChI is InChI=1S/C15H19F3N2O2/c1-2-22-13-5-3-4-10-11(13)6-7-12(10)20-14(21)19-9-8-15(16,17)18/h3-5,12H,2,6-9H2,1H3,(H2,19,20,21)/t12-/m0/s1. The van der Waals surface area contributed by atoms with E-state index in [0.29, 0.717) is 13.0 Å². The Morgan fingerprint density at radius 1 is 1.41 bits per heavy atom. The van der Waals surface area contributed by atoms with Crippen LogP contribution in [0.5, 0.6) is 5.75 Å². The molecule has 0 unspecified atom stereocenters. The maximum atomic E-state index is 12.0. The van der Waals surface area contributed by atoms with Crippen molar-refractivity contribution in [2.75, 3.05) is 13.2 Å². The van der Waals surface area contributed by atoms with Gasteiger partial charge in [0.25, 0.3) is 0 Å². The lowest BCUT2D eigenvalue weighted by molar-refractivity contribution is -0.132. The molecule has 1 aliphatic carbocycles. The molecular formula is C15H19F3N2O2. The molecule has 4 nitrogen and oxygen atoms in total. The van der Waals surface area contributed by atoms with Gasteiger partial charge in [0.1, 0.15) is 5.75 Å². The van der Waals surface area contributed by atoms with E-state index in [4.69, 9.17) is 4.74 Å². The molecule has 0 heterocycles. The van der Waals surface area contributed by atoms with Crippen molar-refractivity contribution in [3.8, 4) is 5.75 Å². The number of halogens is 3. The van der Waals surface area contributed by atoms with Crippen molar-refractivity contribution in [2.24, 2.45) is 0 Å². The van der Waals surface area contributed by atoms with Gasteiger partial charge in [-0.15, -0.1) is 0 Å². The molecule has 1 aromatic carbocycles. The summed E-state index contributed by atoms with van der Waals surface area (Å²) in [5.74, 6) is 0.807. The lowest BCUT2D eigenvalue weighted by Gasteiger charge is -2.16. The highest BCUT2D eigenvalue weighted by Gasteiger charge is 2.28. The Bertz CT molecular complexity index is 532. The Morgan fingerprint density at radius 2 is 2.18 bits per heavy atom. The zero-order chi connectivity index (χ0) is 16.2. The number of benzene rings is 1. The second-order valence-corrected chi connectivity index (χ2v) is 5.11. The lowest BCUT2D eigenvalue weighted by atomic mass is 10.1. The van der Waals surface area contributed by atoms with E-state index >= 15 is 0 Å². The first-order valence-electron chi connectivity index (χ1n) is 7.26. The van der Waals surface area contributed by atoms with Crippen molar-refractivity contribution in [1.82, 2.24) is 10.6 Å². The third-order valence-corrected chi connectivity index (χ3v) is 3.53. The molecule has 7 heteroatoms. The maximum Gasteiger partial charge on any atom is 0.390 e. The summed E-state index contributed by atoms with van der Waals surface area (Å²) in [6.07, 6.45) is -3.80. The van der Waals surface area contributed by atoms with Crippen LogP contribution in [0.15, 0.2) is 18.2 Å². The molecule has 1 aliphatic rings. The minimum Gasteiger partial charge on any atom is -0.494 e. The third kappa shape index (κ3) is 4.29. The predicted octanol–water partition coefficient (Wildman–Crippen LogP) is 3.32. The van der Waals surface area contributed by atoms with Crippen LogP contribution >= 0.6 is 0 Å². The molecule has 1 atom stereocenters. The summed E-state index contributed by atoms with van der Waals surface area (Å²) >= 11 is 0. The molecule has 0 radical (unpaired) electrons. The highest BCUT2D eigenvalue weighted by molar-refractivity contribution is 5.74. The summed E-state index contributed by atoms with van der Waals surface area (Å²) in [4.78, 5) is 11.7. The summed E-state index contributed by atoms with van der Waals surface area (Å²) in [6.45, 7) is 2.04. The quantitative estimate of drug-likeness (QED) is 0.875. The maximum absolute atomic E-state index is 12.0. The number of hydrogen-bond donors (Lipinski definition) is 2. The molecule has 0 aliphatic heterocycles. The molecule has 2 N–H and O–H groups in total. The van der Waals surface area contributed by atoms with Gasteiger partial charge in [-0.3, -0.25) is 0 Å². The molecule has 0 saturated heterocycles. The van der Waals surface area contributed by atoms with Gasteiger partial charge in [0.15, 0.2) is 0 Å². The van der Waals surface area contributed by atoms with E-state index < -0.39 is 25.2 Å². The Morgan fingerprint density at radius 3 is 2.86 bits per heavy atom. The number of hydrogen-bond acceptors (Lipinski definition) is 2. The van der Waals surface area contributed by atoms with Crippen LogP contribution < -0.4 is 15.4 Å². The molecule has 22 heavy (non-hydrogen) atoms. The molecular weight excluding hydrogens is 297 g/mol. The van der Waals surface area contributed by atoms with E-state index in [-0.39, 0.29) is 6.04 Å². The average Bonchev–Trinajstić information content (AvgIpc) is 2.82. The molecule has 2 rings (SSSR count). The van der Waals surface area contributed by atoms with Crippen molar-refractivity contribution in [3.63, 3.8) is 0 Å². The number of alkyl halides is 3. The number of carbonyl (C=O) groups excluding carboxylic acids is 1. The van der Waals surface area contributed by atoms with Crippen LogP contribution in [-0.2, 0) is 6.42 Å². The SMILES string of the molecule is CCOc1cccc2c1CC[C@@H]2NC(=O)NCCC(F)(F)F. The molecule has 1 aromatic rings. The van der Waals surface area contributed by atoms with Crippen molar-refractivity contribution in [1.29, 1.82) is 0 Å². The topological polar surface area (TPSA) is 50.4 Å². The number of ether oxygens (including phenoxy) is 1. The van der Waals surface area contributed by atoms with Gasteiger partial charge in [0, 0.05) is 6.54 Å². The Balaban J connectivity index is 1.91. The number of nitrogens with one attached hydrogen (secondary N) is 2. The Kier molecular flexibility index (Phi) is 5.15. The molecule has 122 valence electrons. The monoisotopic (exact) mass is 316 g/mol. The summed E-state index contributed by atoms with van der Waals surface area (Å²) in [5.41, 5.74) is 2.03. The zero-order valence-electron chi connectivity index (χ0n) is 12.3. The van der Waals surface area contributed by atoms with Gasteiger partial charge < -0.3 is 15.4 Å². The van der Waals surface area contributed by atoms with Crippen LogP contribution in [0.25, 0.3) is 0 Å². The zero-order valence-corrected chi connectivity index (χ0v) is 12.3. The Hall–Kier alpha value is -1.92. The largest absolute Gasteiger partial charge is 0.494 e. The van der Waals surface area contributed by atoms with E-state index in [0.717, 1.165) is 23.3 Å². The average molecular weight is 316 g/mol. The fourth-order valence-corrected chi connectivity index (χ4v) is 2.59. The molecule has 0 spiro atoms. The Labute approximate surface area is 127 Å². The third-order valence-electron chi connectivity index (χ3n) is 3.53. The molecule has 0 fully saturated rings. The van der Waals surface area contributed by atoms with E-state index in [2.05, 4.69) is 10.6 Å². The van der Waals surface area contributed by atoms with Crippen LogP contribution in [-0.4, -0.2) is 25.4 Å². The second-order valence-electron chi connectivity index (χ2n) is 5.11. The fraction of sp³-hybridized carbons (Fsp3) is 0.533. The first-order chi connectivity index (χ1) is 10.4. The number of fused-ring (bicyclic) bond motifs is 1. The summed E-state index contributed by atoms with van der Waals surface area (Å²) < 4.78 is 41.7. The minimum absolute atomic E-state index is 0.193. The summed E-state index contributed by atoms with van der Waals surface area (Å²) in [6, 6.07) is 4.87. The first-order valence-corrected chi connectivity index (χ1v) is 7.26. The van der Waals surface area contributed by atoms with E-state index in [1.54, 1.807) is 0 Å². The molecule has 0 saturated carbocycles. The van der Waals surface area contributed by atoms with Crippen molar-refractivity contribution in [2.45, 2.75) is 38.4 Å². The highest BCUT2D eigenvalue weighted by atomic mass is 19.4. The number of rotatable bonds is 5. The van der Waals surface area contributed by atoms with E-state index in [1.165, 1.54) is 0 Å². The van der Waals surface area contributed by atoms with Gasteiger partial charge in [-0.1, -0.05) is 12.1 Å². The van der Waals surface area contributed by atoms with Crippen LogP contribution in [0.4, 0.5) is 18.0 Å². The predicted molar refractivity (Wildman–Crippen MR) is 75.9 cm³/mol. The van der Waals surface area contributed by atoms with Gasteiger partial charge in [-0.05, 0) is 37.0 Å². The van der Waals surface area contributed by atoms with E-state index in [9.17, 15) is 18.0 Å². The van der Waals surface area contributed by atoms with Crippen molar-refractivity contribution >= 4 is 6.03 Å². The van der Waals surface area contributed by atoms with Gasteiger partial charge in [0.05, 0.1) is 19.1 Å². The smallest absolute Gasteiger partial charge is 0.390 e. The second kappa shape index (κ2) is 6.89. The number of carbonyl (C=O) groups is 1. The van der Waals surface area contributed by atoms with Crippen LogP contribution in [0, 0.1) is 0 Å².